The number of amides is 6. The Morgan fingerprint density at radius 2 is 0.415 bits per heavy atom. The van der Waals surface area contributed by atoms with Crippen molar-refractivity contribution >= 4 is 178 Å². The molecule has 33 nitrogen and oxygen atoms in total. The van der Waals surface area contributed by atoms with Gasteiger partial charge in [-0.1, -0.05) is 157 Å². The Morgan fingerprint density at radius 1 is 0.282 bits per heavy atom. The lowest BCUT2D eigenvalue weighted by atomic mass is 9.66. The second kappa shape index (κ2) is 62.1. The first-order valence-corrected chi connectivity index (χ1v) is 53.9. The van der Waals surface area contributed by atoms with Crippen molar-refractivity contribution in [1.29, 1.82) is 0 Å². The molecule has 0 fully saturated rings. The van der Waals surface area contributed by atoms with Gasteiger partial charge in [-0.2, -0.15) is 0 Å². The molecule has 0 heterocycles. The van der Waals surface area contributed by atoms with Gasteiger partial charge in [-0.25, -0.2) is 16.8 Å². The van der Waals surface area contributed by atoms with Gasteiger partial charge in [0, 0.05) is 263 Å². The lowest BCUT2D eigenvalue weighted by molar-refractivity contribution is -0.176. The Balaban J connectivity index is -0.00000176. The third kappa shape index (κ3) is 44.4. The molecule has 0 bridgehead atoms. The predicted molar refractivity (Wildman–Crippen MR) is 571 cm³/mol. The monoisotopic (exact) mass is 2120 g/mol. The van der Waals surface area contributed by atoms with Crippen LogP contribution in [0.5, 0.6) is 0 Å². The van der Waals surface area contributed by atoms with Crippen LogP contribution in [0.15, 0.2) is 173 Å². The number of carbonyl (C=O) groups excluding carboxylic acids is 14. The molecule has 0 radical (unpaired) electrons. The maximum absolute atomic E-state index is 13.5. The van der Waals surface area contributed by atoms with E-state index >= 15 is 0 Å². The maximum Gasteiger partial charge on any atom is 0.304 e. The molecule has 13 N–H and O–H groups in total. The van der Waals surface area contributed by atoms with Crippen molar-refractivity contribution < 1.29 is 124 Å². The molecule has 0 unspecified atom stereocenters. The summed E-state index contributed by atoms with van der Waals surface area (Å²) in [4.78, 5) is 213. The standard InChI is InChI=1S/C26H38N2O8S2.2C26H38N2O4S2.C18H24O6.C4H9NS.C2H4O2.H2O2/c1-9-37(33,34)13-11-27-19(29)15-25(5,6)21-17(3)24(32)22(18(4)23(21)31)26(7,8)16-20(30)28-12-14-38(35,36)10-2;2*1-9-33-13-11-27-19(29)15-25(5,6)21-17(3)24(32)22(18(4)23(21)31)26(7,8)16-20(30)28-12-14-34-10-2;1-9-13(17(3,4)7-11(19)20)16(24)10(2)14(15(9)23)18(5,6)8-12(21)22;1-2-6-4-3-5;1-2(3)4;1-2/h9-10H,1-2,11-16H2,3-8H3,(H,27,29)(H,28,30);2*9-10H,1-2,11-16H2,3-8H3,(H,27,29)(H,28,30);7-8H2,1-6H3,(H,19,20)(H,21,22);2H,1,3-5H2;1H3,(H,3,4);1-2H. The lowest BCUT2D eigenvalue weighted by Gasteiger charge is -2.36. The van der Waals surface area contributed by atoms with Gasteiger partial charge in [-0.05, 0) is 82.4 Å². The number of rotatable bonds is 51. The van der Waals surface area contributed by atoms with Crippen molar-refractivity contribution in [2.75, 3.05) is 86.1 Å². The number of nitrogens with one attached hydrogen (secondary N) is 6. The maximum atomic E-state index is 13.5. The van der Waals surface area contributed by atoms with Crippen molar-refractivity contribution in [3.8, 4) is 0 Å². The van der Waals surface area contributed by atoms with Crippen molar-refractivity contribution in [3.63, 3.8) is 0 Å². The molecule has 0 saturated carbocycles. The molecule has 6 amide bonds. The molecule has 0 aromatic rings. The second-order valence-electron chi connectivity index (χ2n) is 38.6. The first kappa shape index (κ1) is 136. The molecule has 0 aromatic carbocycles. The number of sulfone groups is 2. The molecule has 142 heavy (non-hydrogen) atoms. The van der Waals surface area contributed by atoms with Gasteiger partial charge in [0.1, 0.15) is 0 Å². The van der Waals surface area contributed by atoms with Crippen LogP contribution >= 0.6 is 58.8 Å². The van der Waals surface area contributed by atoms with Crippen LogP contribution in [0.4, 0.5) is 0 Å². The molecule has 0 spiro atoms. The van der Waals surface area contributed by atoms with E-state index in [4.69, 9.17) is 36.4 Å². The molecule has 0 aliphatic heterocycles. The molecule has 4 rings (SSSR count). The Hall–Kier alpha value is -9.78. The van der Waals surface area contributed by atoms with Crippen LogP contribution in [0.1, 0.15) is 224 Å². The summed E-state index contributed by atoms with van der Waals surface area (Å²) in [5.41, 5.74) is 2.21. The number of hydrogen-bond donors (Lipinski definition) is 12. The van der Waals surface area contributed by atoms with Crippen molar-refractivity contribution in [2.24, 2.45) is 49.1 Å². The second-order valence-corrected chi connectivity index (χ2v) is 48.1. The third-order valence-corrected chi connectivity index (χ3v) is 28.6. The number of carboxylic acids is 3. The largest absolute Gasteiger partial charge is 0.481 e. The molecule has 40 heteroatoms. The minimum atomic E-state index is -3.48. The Morgan fingerprint density at radius 3 is 0.535 bits per heavy atom. The molecule has 0 atom stereocenters. The summed E-state index contributed by atoms with van der Waals surface area (Å²) in [6.07, 6.45) is -0.504. The highest BCUT2D eigenvalue weighted by Crippen LogP contribution is 2.49. The number of allylic oxidation sites excluding steroid dienone is 16. The minimum absolute atomic E-state index is 0.0918. The van der Waals surface area contributed by atoms with E-state index in [2.05, 4.69) is 78.0 Å². The fraction of sp³-hybridized carbons (Fsp3) is 0.539. The summed E-state index contributed by atoms with van der Waals surface area (Å²) in [7, 11) is -6.96. The highest BCUT2D eigenvalue weighted by Gasteiger charge is 2.49. The molecule has 794 valence electrons. The van der Waals surface area contributed by atoms with Crippen LogP contribution in [0.3, 0.4) is 0 Å². The van der Waals surface area contributed by atoms with Crippen LogP contribution in [-0.4, -0.2) is 228 Å². The van der Waals surface area contributed by atoms with E-state index in [9.17, 15) is 93.5 Å². The molecular weight excluding hydrogens is 1960 g/mol. The van der Waals surface area contributed by atoms with Gasteiger partial charge in [0.15, 0.2) is 65.9 Å². The van der Waals surface area contributed by atoms with Gasteiger partial charge in [0.25, 0.3) is 5.97 Å². The van der Waals surface area contributed by atoms with Gasteiger partial charge in [-0.3, -0.25) is 92.0 Å². The summed E-state index contributed by atoms with van der Waals surface area (Å²) in [6.45, 7) is 68.3. The van der Waals surface area contributed by atoms with E-state index in [1.165, 1.54) is 74.7 Å². The average molecular weight is 2120 g/mol. The first-order valence-electron chi connectivity index (χ1n) is 45.2. The van der Waals surface area contributed by atoms with E-state index in [0.717, 1.165) is 53.0 Å². The summed E-state index contributed by atoms with van der Waals surface area (Å²) >= 11 is 7.69. The molecule has 4 aliphatic rings. The van der Waals surface area contributed by atoms with Crippen LogP contribution in [0, 0.1) is 43.3 Å². The number of Topliss-reactive ketones (excluding diaryl/α,β-unsaturated/α-hetero) is 8. The van der Waals surface area contributed by atoms with E-state index in [1.807, 2.05) is 55.4 Å². The molecule has 4 aliphatic carbocycles. The highest BCUT2D eigenvalue weighted by molar-refractivity contribution is 8.03. The summed E-state index contributed by atoms with van der Waals surface area (Å²) in [5, 5.41) is 64.3. The van der Waals surface area contributed by atoms with Crippen LogP contribution in [-0.2, 0) is 101 Å². The van der Waals surface area contributed by atoms with Crippen LogP contribution < -0.4 is 37.6 Å². The van der Waals surface area contributed by atoms with E-state index < -0.39 is 104 Å². The quantitative estimate of drug-likeness (QED) is 0.0116. The number of nitrogens with two attached hydrogens (primary N) is 1. The van der Waals surface area contributed by atoms with E-state index in [-0.39, 0.29) is 179 Å². The number of aliphatic carboxylic acids is 3. The Labute approximate surface area is 860 Å². The molecule has 0 aromatic heterocycles. The topological polar surface area (TPSA) is 558 Å². The summed E-state index contributed by atoms with van der Waals surface area (Å²) in [6, 6.07) is 0. The zero-order valence-corrected chi connectivity index (χ0v) is 93.0. The SMILES string of the molecule is C=CS(=O)(=O)CCNC(=O)CC(C)(C)C1=C(C)C(=O)C(C(C)(C)CC(=O)NCCS(=O)(=O)C=C)=C(C)C1=O.C=CSCCN.C=CSCCNC(=O)CC(C)(C)C1=C(C)C(=O)C(C(C)(C)CC(=O)NCCSC=C)=C(C)C1=O.C=CSCCNC(=O)CC(C)(C)C1=C(C)C(=O)C(C(C)(C)CC(=O)NCCSC=C)=C(C)C1=O.CC(=O)O.CC1=C(C(C)(C)CC(=O)O)C(=O)C(C)=C(C(C)(C)CC(=O)O)C1=O.OO. The number of carboxylic acid groups (broad SMARTS) is 3. The number of hydrogen-bond acceptors (Lipinski definition) is 29. The first-order chi connectivity index (χ1) is 65.2. The Bertz CT molecular complexity index is 4850. The van der Waals surface area contributed by atoms with Gasteiger partial charge >= 0.3 is 11.9 Å². The fourth-order valence-electron chi connectivity index (χ4n) is 16.9. The minimum Gasteiger partial charge on any atom is -0.481 e. The predicted octanol–water partition coefficient (Wildman–Crippen LogP) is 14.8. The fourth-order valence-corrected chi connectivity index (χ4v) is 19.8. The van der Waals surface area contributed by atoms with Gasteiger partial charge < -0.3 is 53.0 Å². The summed E-state index contributed by atoms with van der Waals surface area (Å²) < 4.78 is 46.2. The van der Waals surface area contributed by atoms with Crippen LogP contribution in [0.2, 0.25) is 0 Å². The zero-order chi connectivity index (χ0) is 111. The normalized spacial score (nSPS) is 14.6. The van der Waals surface area contributed by atoms with Gasteiger partial charge in [-0.15, -0.1) is 58.8 Å². The highest BCUT2D eigenvalue weighted by atomic mass is 32.2. The zero-order valence-electron chi connectivity index (χ0n) is 87.3. The number of ketones is 8. The van der Waals surface area contributed by atoms with Crippen molar-refractivity contribution in [1.82, 2.24) is 31.9 Å². The number of carbonyl (C=O) groups is 17. The summed E-state index contributed by atoms with van der Waals surface area (Å²) in [5.74, 6) is -3.85. The third-order valence-electron chi connectivity index (χ3n) is 22.7. The van der Waals surface area contributed by atoms with E-state index in [1.54, 1.807) is 122 Å². The van der Waals surface area contributed by atoms with E-state index in [0.29, 0.717) is 70.8 Å². The molecule has 0 saturated heterocycles. The molecular formula is C102H153N7O26S7. The van der Waals surface area contributed by atoms with Crippen LogP contribution in [0.25, 0.3) is 0 Å². The van der Waals surface area contributed by atoms with Gasteiger partial charge in [0.05, 0.1) is 24.3 Å². The van der Waals surface area contributed by atoms with Crippen molar-refractivity contribution in [3.05, 3.63) is 173 Å². The Kier molecular flexibility index (Phi) is 59.7. The lowest BCUT2D eigenvalue weighted by Crippen LogP contribution is -2.39. The average Bonchev–Trinajstić information content (AvgIpc) is 0.759. The van der Waals surface area contributed by atoms with Crippen molar-refractivity contribution in [2.45, 2.75) is 224 Å². The number of thioether (sulfide) groups is 5. The van der Waals surface area contributed by atoms with Gasteiger partial charge in [0.2, 0.25) is 35.4 Å². The smallest absolute Gasteiger partial charge is 0.304 e.